The lowest BCUT2D eigenvalue weighted by Crippen LogP contribution is -2.19. The van der Waals surface area contributed by atoms with Crippen LogP contribution in [0.25, 0.3) is 5.57 Å². The zero-order chi connectivity index (χ0) is 20.9. The monoisotopic (exact) mass is 407 g/mol. The van der Waals surface area contributed by atoms with Crippen LogP contribution >= 0.6 is 0 Å². The molecule has 0 saturated carbocycles. The van der Waals surface area contributed by atoms with E-state index in [-0.39, 0.29) is 28.3 Å². The molecule has 0 spiro atoms. The Bertz CT molecular complexity index is 1300. The molecule has 0 saturated heterocycles. The molecule has 3 aromatic carbocycles. The van der Waals surface area contributed by atoms with Crippen molar-refractivity contribution < 1.29 is 17.8 Å². The minimum absolute atomic E-state index is 0.182. The summed E-state index contributed by atoms with van der Waals surface area (Å²) in [5, 5.41) is 3.03. The van der Waals surface area contributed by atoms with Crippen LogP contribution in [0.5, 0.6) is 0 Å². The van der Waals surface area contributed by atoms with Crippen LogP contribution < -0.4 is 16.8 Å². The van der Waals surface area contributed by atoms with Crippen LogP contribution in [-0.2, 0) is 10.1 Å². The van der Waals surface area contributed by atoms with Gasteiger partial charge in [-0.3, -0.25) is 9.35 Å². The number of carbonyl (C=O) groups is 1. The summed E-state index contributed by atoms with van der Waals surface area (Å²) in [7, 11) is -4.64. The van der Waals surface area contributed by atoms with Crippen molar-refractivity contribution in [2.75, 3.05) is 16.8 Å². The Morgan fingerprint density at radius 2 is 1.55 bits per heavy atom. The molecule has 0 unspecified atom stereocenters. The van der Waals surface area contributed by atoms with E-state index in [2.05, 4.69) is 11.9 Å². The highest BCUT2D eigenvalue weighted by atomic mass is 32.2. The molecule has 0 fully saturated rings. The summed E-state index contributed by atoms with van der Waals surface area (Å²) < 4.78 is 33.6. The third-order valence-electron chi connectivity index (χ3n) is 4.82. The molecule has 29 heavy (non-hydrogen) atoms. The maximum absolute atomic E-state index is 13.3. The van der Waals surface area contributed by atoms with Crippen molar-refractivity contribution in [2.45, 2.75) is 4.90 Å². The van der Waals surface area contributed by atoms with Gasteiger partial charge >= 0.3 is 0 Å². The molecule has 1 aliphatic rings. The van der Waals surface area contributed by atoms with Gasteiger partial charge in [-0.1, -0.05) is 30.8 Å². The number of nitrogen functional groups attached to an aromatic ring is 2. The SMILES string of the molecule is C=C1c2ccccc2C(=O)c2c(Nc3ccc(N)cc3)cc(S(=O)(=O)O)c(N)c21. The number of carbonyl (C=O) groups excluding carboxylic acids is 1. The largest absolute Gasteiger partial charge is 0.399 e. The number of rotatable bonds is 3. The van der Waals surface area contributed by atoms with Gasteiger partial charge in [-0.15, -0.1) is 0 Å². The summed E-state index contributed by atoms with van der Waals surface area (Å²) in [4.78, 5) is 12.8. The van der Waals surface area contributed by atoms with Gasteiger partial charge in [0.2, 0.25) is 0 Å². The van der Waals surface area contributed by atoms with Gasteiger partial charge in [0.15, 0.2) is 5.78 Å². The van der Waals surface area contributed by atoms with E-state index in [1.165, 1.54) is 0 Å². The number of anilines is 4. The highest BCUT2D eigenvalue weighted by Gasteiger charge is 2.33. The number of hydrogen-bond donors (Lipinski definition) is 4. The topological polar surface area (TPSA) is 136 Å². The number of hydrogen-bond acceptors (Lipinski definition) is 6. The summed E-state index contributed by atoms with van der Waals surface area (Å²) >= 11 is 0. The molecule has 0 heterocycles. The minimum atomic E-state index is -4.64. The molecule has 0 atom stereocenters. The van der Waals surface area contributed by atoms with E-state index in [1.807, 2.05) is 0 Å². The van der Waals surface area contributed by atoms with Gasteiger partial charge in [-0.25, -0.2) is 0 Å². The smallest absolute Gasteiger partial charge is 0.296 e. The number of ketones is 1. The molecule has 6 N–H and O–H groups in total. The molecule has 1 aliphatic carbocycles. The van der Waals surface area contributed by atoms with Crippen LogP contribution in [0.3, 0.4) is 0 Å². The fourth-order valence-electron chi connectivity index (χ4n) is 3.47. The molecule has 0 aliphatic heterocycles. The first-order valence-electron chi connectivity index (χ1n) is 8.58. The first-order chi connectivity index (χ1) is 13.7. The quantitative estimate of drug-likeness (QED) is 0.302. The normalized spacial score (nSPS) is 13.0. The molecule has 0 aromatic heterocycles. The van der Waals surface area contributed by atoms with Gasteiger partial charge in [0, 0.05) is 22.5 Å². The van der Waals surface area contributed by atoms with Gasteiger partial charge < -0.3 is 16.8 Å². The van der Waals surface area contributed by atoms with E-state index in [1.54, 1.807) is 48.5 Å². The lowest BCUT2D eigenvalue weighted by Gasteiger charge is -2.26. The average molecular weight is 407 g/mol. The molecular formula is C21H17N3O4S. The van der Waals surface area contributed by atoms with Crippen molar-refractivity contribution >= 4 is 44.2 Å². The number of benzene rings is 3. The Morgan fingerprint density at radius 3 is 2.17 bits per heavy atom. The van der Waals surface area contributed by atoms with E-state index >= 15 is 0 Å². The van der Waals surface area contributed by atoms with Crippen LogP contribution in [0.15, 0.2) is 66.1 Å². The molecule has 7 nitrogen and oxygen atoms in total. The Morgan fingerprint density at radius 1 is 0.931 bits per heavy atom. The minimum Gasteiger partial charge on any atom is -0.399 e. The summed E-state index contributed by atoms with van der Waals surface area (Å²) in [5.41, 5.74) is 14.6. The van der Waals surface area contributed by atoms with Crippen molar-refractivity contribution in [3.63, 3.8) is 0 Å². The van der Waals surface area contributed by atoms with Gasteiger partial charge in [-0.2, -0.15) is 8.42 Å². The molecule has 0 bridgehead atoms. The Balaban J connectivity index is 2.02. The Kier molecular flexibility index (Phi) is 4.18. The highest BCUT2D eigenvalue weighted by molar-refractivity contribution is 7.86. The first kappa shape index (κ1) is 18.7. The van der Waals surface area contributed by atoms with Crippen LogP contribution in [-0.4, -0.2) is 18.8 Å². The van der Waals surface area contributed by atoms with E-state index in [0.717, 1.165) is 6.07 Å². The fourth-order valence-corrected chi connectivity index (χ4v) is 4.12. The fraction of sp³-hybridized carbons (Fsp3) is 0. The molecule has 0 radical (unpaired) electrons. The van der Waals surface area contributed by atoms with Gasteiger partial charge in [-0.05, 0) is 41.5 Å². The standard InChI is InChI=1S/C21H17N3O4S/c1-11-14-4-2-3-5-15(14)21(25)19-16(24-13-8-6-12(22)7-9-13)10-17(29(26,27)28)20(23)18(11)19/h2-10,24H,1,22-23H2,(H,26,27,28). The van der Waals surface area contributed by atoms with E-state index in [4.69, 9.17) is 11.5 Å². The van der Waals surface area contributed by atoms with Crippen LogP contribution in [0.1, 0.15) is 27.0 Å². The average Bonchev–Trinajstić information content (AvgIpc) is 2.68. The first-order valence-corrected chi connectivity index (χ1v) is 10.0. The Labute approximate surface area is 167 Å². The number of nitrogens with one attached hydrogen (secondary N) is 1. The second-order valence-corrected chi connectivity index (χ2v) is 8.05. The van der Waals surface area contributed by atoms with Crippen molar-refractivity contribution in [3.05, 3.63) is 83.4 Å². The molecule has 4 rings (SSSR count). The third-order valence-corrected chi connectivity index (χ3v) is 5.72. The summed E-state index contributed by atoms with van der Waals surface area (Å²) in [6.07, 6.45) is 0. The van der Waals surface area contributed by atoms with Crippen molar-refractivity contribution in [3.8, 4) is 0 Å². The van der Waals surface area contributed by atoms with Crippen LogP contribution in [0.4, 0.5) is 22.7 Å². The third kappa shape index (κ3) is 3.04. The molecular weight excluding hydrogens is 390 g/mol. The molecule has 3 aromatic rings. The molecule has 146 valence electrons. The van der Waals surface area contributed by atoms with Crippen LogP contribution in [0.2, 0.25) is 0 Å². The van der Waals surface area contributed by atoms with Crippen LogP contribution in [0, 0.1) is 0 Å². The summed E-state index contributed by atoms with van der Waals surface area (Å²) in [6.45, 7) is 4.02. The van der Waals surface area contributed by atoms with E-state index in [0.29, 0.717) is 28.1 Å². The maximum Gasteiger partial charge on any atom is 0.296 e. The zero-order valence-electron chi connectivity index (χ0n) is 15.1. The predicted octanol–water partition coefficient (Wildman–Crippen LogP) is 3.45. The predicted molar refractivity (Wildman–Crippen MR) is 113 cm³/mol. The van der Waals surface area contributed by atoms with E-state index in [9.17, 15) is 17.8 Å². The lowest BCUT2D eigenvalue weighted by molar-refractivity contribution is 0.103. The van der Waals surface area contributed by atoms with Crippen molar-refractivity contribution in [1.82, 2.24) is 0 Å². The highest BCUT2D eigenvalue weighted by Crippen LogP contribution is 2.44. The van der Waals surface area contributed by atoms with Crippen molar-refractivity contribution in [2.24, 2.45) is 0 Å². The van der Waals surface area contributed by atoms with E-state index < -0.39 is 15.0 Å². The summed E-state index contributed by atoms with van der Waals surface area (Å²) in [5.74, 6) is -0.325. The van der Waals surface area contributed by atoms with Crippen molar-refractivity contribution in [1.29, 1.82) is 0 Å². The number of fused-ring (bicyclic) bond motifs is 2. The zero-order valence-corrected chi connectivity index (χ0v) is 16.0. The van der Waals surface area contributed by atoms with Gasteiger partial charge in [0.05, 0.1) is 16.9 Å². The number of nitrogens with two attached hydrogens (primary N) is 2. The van der Waals surface area contributed by atoms with Gasteiger partial charge in [0.1, 0.15) is 4.90 Å². The lowest BCUT2D eigenvalue weighted by atomic mass is 9.80. The molecule has 0 amide bonds. The second-order valence-electron chi connectivity index (χ2n) is 6.66. The molecule has 8 heteroatoms. The maximum atomic E-state index is 13.3. The second kappa shape index (κ2) is 6.47. The Hall–Kier alpha value is -3.62. The summed E-state index contributed by atoms with van der Waals surface area (Å²) in [6, 6.07) is 14.7. The van der Waals surface area contributed by atoms with Gasteiger partial charge in [0.25, 0.3) is 10.1 Å².